The van der Waals surface area contributed by atoms with Crippen LogP contribution in [-0.4, -0.2) is 23.3 Å². The van der Waals surface area contributed by atoms with Crippen LogP contribution in [0.4, 0.5) is 0 Å². The number of carbonyl (C=O) groups is 1. The Morgan fingerprint density at radius 1 is 1.06 bits per heavy atom. The normalized spacial score (nSPS) is 46.8. The molecule has 6 rings (SSSR count). The molecule has 2 spiro atoms. The standard InChI is InChI=1S/C30H48O4/c1-19(2)20(3)8-9-21(4)24-10-11-25-27(24,6)14-13-26-28(7)15-12-23(32-22(5)31)18-29(28)16-17-30(25,26)34-33-29/h13,19-21,23-25H,8-12,14-18H2,1-7H3/t20-,21+,23+,24-,25-,27+,28+,29+,30-/m0/s1. The molecule has 4 aliphatic carbocycles. The monoisotopic (exact) mass is 472 g/mol. The molecule has 2 heterocycles. The zero-order valence-electron chi connectivity index (χ0n) is 22.7. The molecule has 5 fully saturated rings. The van der Waals surface area contributed by atoms with Crippen LogP contribution in [0.2, 0.25) is 0 Å². The molecule has 2 bridgehead atoms. The summed E-state index contributed by atoms with van der Waals surface area (Å²) in [6.45, 7) is 16.2. The second kappa shape index (κ2) is 8.33. The average molecular weight is 473 g/mol. The Kier molecular flexibility index (Phi) is 6.08. The van der Waals surface area contributed by atoms with Gasteiger partial charge in [-0.15, -0.1) is 0 Å². The number of hydrogen-bond acceptors (Lipinski definition) is 4. The summed E-state index contributed by atoms with van der Waals surface area (Å²) in [5, 5.41) is 0. The summed E-state index contributed by atoms with van der Waals surface area (Å²) >= 11 is 0. The van der Waals surface area contributed by atoms with Crippen LogP contribution in [0.1, 0.15) is 113 Å². The molecule has 192 valence electrons. The highest BCUT2D eigenvalue weighted by Gasteiger charge is 2.73. The van der Waals surface area contributed by atoms with E-state index in [4.69, 9.17) is 14.5 Å². The molecule has 0 amide bonds. The number of allylic oxidation sites excluding steroid dienone is 1. The summed E-state index contributed by atoms with van der Waals surface area (Å²) in [5.41, 5.74) is 1.19. The van der Waals surface area contributed by atoms with Gasteiger partial charge in [0, 0.05) is 24.7 Å². The third kappa shape index (κ3) is 3.40. The van der Waals surface area contributed by atoms with Crippen LogP contribution < -0.4 is 0 Å². The fourth-order valence-electron chi connectivity index (χ4n) is 9.32. The van der Waals surface area contributed by atoms with E-state index in [1.807, 2.05) is 0 Å². The van der Waals surface area contributed by atoms with E-state index < -0.39 is 0 Å². The summed E-state index contributed by atoms with van der Waals surface area (Å²) < 4.78 is 5.65. The van der Waals surface area contributed by atoms with Gasteiger partial charge in [0.15, 0.2) is 0 Å². The number of fused-ring (bicyclic) bond motifs is 3. The Balaban J connectivity index is 1.40. The zero-order valence-corrected chi connectivity index (χ0v) is 22.7. The van der Waals surface area contributed by atoms with Crippen molar-refractivity contribution in [2.75, 3.05) is 0 Å². The van der Waals surface area contributed by atoms with Gasteiger partial charge in [0.1, 0.15) is 17.3 Å². The molecule has 2 saturated heterocycles. The summed E-state index contributed by atoms with van der Waals surface area (Å²) in [7, 11) is 0. The highest BCUT2D eigenvalue weighted by molar-refractivity contribution is 5.66. The minimum Gasteiger partial charge on any atom is -0.462 e. The molecule has 0 aromatic heterocycles. The topological polar surface area (TPSA) is 44.8 Å². The van der Waals surface area contributed by atoms with Gasteiger partial charge < -0.3 is 4.74 Å². The average Bonchev–Trinajstić information content (AvgIpc) is 3.14. The largest absolute Gasteiger partial charge is 0.462 e. The molecule has 4 nitrogen and oxygen atoms in total. The number of ether oxygens (including phenoxy) is 1. The highest BCUT2D eigenvalue weighted by Crippen LogP contribution is 2.73. The van der Waals surface area contributed by atoms with Crippen molar-refractivity contribution < 1.29 is 19.3 Å². The molecule has 4 heteroatoms. The number of esters is 1. The first-order valence-electron chi connectivity index (χ1n) is 14.2. The summed E-state index contributed by atoms with van der Waals surface area (Å²) in [4.78, 5) is 24.7. The predicted octanol–water partition coefficient (Wildman–Crippen LogP) is 7.41. The Morgan fingerprint density at radius 2 is 1.82 bits per heavy atom. The van der Waals surface area contributed by atoms with Crippen LogP contribution in [0.5, 0.6) is 0 Å². The van der Waals surface area contributed by atoms with Gasteiger partial charge in [-0.1, -0.05) is 60.5 Å². The maximum Gasteiger partial charge on any atom is 0.302 e. The van der Waals surface area contributed by atoms with Gasteiger partial charge in [0.25, 0.3) is 0 Å². The fourth-order valence-corrected chi connectivity index (χ4v) is 9.32. The Hall–Kier alpha value is -0.870. The first-order chi connectivity index (χ1) is 16.0. The number of carbonyl (C=O) groups excluding carboxylic acids is 1. The molecule has 3 saturated carbocycles. The van der Waals surface area contributed by atoms with Gasteiger partial charge in [-0.2, -0.15) is 0 Å². The Morgan fingerprint density at radius 3 is 2.47 bits per heavy atom. The first kappa shape index (κ1) is 24.8. The van der Waals surface area contributed by atoms with Crippen LogP contribution in [0, 0.1) is 40.4 Å². The van der Waals surface area contributed by atoms with E-state index in [2.05, 4.69) is 47.6 Å². The molecule has 0 aromatic rings. The molecule has 34 heavy (non-hydrogen) atoms. The van der Waals surface area contributed by atoms with Crippen LogP contribution in [-0.2, 0) is 19.3 Å². The lowest BCUT2D eigenvalue weighted by molar-refractivity contribution is -0.494. The Labute approximate surface area is 207 Å². The maximum absolute atomic E-state index is 11.6. The van der Waals surface area contributed by atoms with Crippen molar-refractivity contribution in [2.45, 2.75) is 130 Å². The van der Waals surface area contributed by atoms with E-state index in [0.717, 1.165) is 55.8 Å². The smallest absolute Gasteiger partial charge is 0.302 e. The van der Waals surface area contributed by atoms with Gasteiger partial charge in [-0.3, -0.25) is 4.79 Å². The van der Waals surface area contributed by atoms with Crippen molar-refractivity contribution in [3.8, 4) is 0 Å². The van der Waals surface area contributed by atoms with Crippen LogP contribution in [0.25, 0.3) is 0 Å². The molecule has 0 N–H and O–H groups in total. The van der Waals surface area contributed by atoms with Gasteiger partial charge in [0.05, 0.1) is 0 Å². The van der Waals surface area contributed by atoms with E-state index in [0.29, 0.717) is 5.92 Å². The third-order valence-electron chi connectivity index (χ3n) is 11.8. The van der Waals surface area contributed by atoms with Gasteiger partial charge in [-0.05, 0) is 79.6 Å². The van der Waals surface area contributed by atoms with E-state index in [9.17, 15) is 4.79 Å². The van der Waals surface area contributed by atoms with Crippen molar-refractivity contribution in [2.24, 2.45) is 40.4 Å². The van der Waals surface area contributed by atoms with Crippen molar-refractivity contribution >= 4 is 5.97 Å². The minimum atomic E-state index is -0.356. The quantitative estimate of drug-likeness (QED) is 0.229. The SMILES string of the molecule is CC(=O)O[C@@H]1CC[C@]2(C)C3=CC[C@]4(C)[C@H]([C@H](C)CC[C@H](C)C(C)C)CC[C@@H]4[C@@]34CC[C@]2(C1)OO4. The lowest BCUT2D eigenvalue weighted by atomic mass is 9.44. The number of hydrogen-bond donors (Lipinski definition) is 0. The molecule has 0 radical (unpaired) electrons. The lowest BCUT2D eigenvalue weighted by Crippen LogP contribution is -2.71. The molecular formula is C30H48O4. The second-order valence-corrected chi connectivity index (χ2v) is 13.7. The number of rotatable bonds is 6. The Bertz CT molecular complexity index is 837. The lowest BCUT2D eigenvalue weighted by Gasteiger charge is -2.69. The first-order valence-corrected chi connectivity index (χ1v) is 14.2. The zero-order chi connectivity index (χ0) is 24.5. The summed E-state index contributed by atoms with van der Waals surface area (Å²) in [5.74, 6) is 3.43. The van der Waals surface area contributed by atoms with Gasteiger partial charge >= 0.3 is 5.97 Å². The maximum atomic E-state index is 11.6. The fraction of sp³-hybridized carbons (Fsp3) is 0.900. The highest BCUT2D eigenvalue weighted by atomic mass is 17.2. The predicted molar refractivity (Wildman–Crippen MR) is 134 cm³/mol. The minimum absolute atomic E-state index is 0.0160. The van der Waals surface area contributed by atoms with Crippen molar-refractivity contribution in [3.63, 3.8) is 0 Å². The summed E-state index contributed by atoms with van der Waals surface area (Å²) in [6.07, 6.45) is 13.7. The molecule has 0 aromatic carbocycles. The van der Waals surface area contributed by atoms with Crippen LogP contribution >= 0.6 is 0 Å². The van der Waals surface area contributed by atoms with Gasteiger partial charge in [0.2, 0.25) is 0 Å². The van der Waals surface area contributed by atoms with Crippen molar-refractivity contribution in [1.82, 2.24) is 0 Å². The summed E-state index contributed by atoms with van der Waals surface area (Å²) in [6, 6.07) is 0. The van der Waals surface area contributed by atoms with E-state index in [-0.39, 0.29) is 34.1 Å². The molecule has 0 unspecified atom stereocenters. The van der Waals surface area contributed by atoms with Crippen molar-refractivity contribution in [1.29, 1.82) is 0 Å². The molecule has 9 atom stereocenters. The molecular weight excluding hydrogens is 424 g/mol. The van der Waals surface area contributed by atoms with Crippen LogP contribution in [0.3, 0.4) is 0 Å². The van der Waals surface area contributed by atoms with E-state index >= 15 is 0 Å². The third-order valence-corrected chi connectivity index (χ3v) is 11.8. The second-order valence-electron chi connectivity index (χ2n) is 13.7. The van der Waals surface area contributed by atoms with E-state index in [1.54, 1.807) is 0 Å². The van der Waals surface area contributed by atoms with Crippen LogP contribution in [0.15, 0.2) is 11.6 Å². The molecule has 2 aliphatic heterocycles. The molecule has 6 aliphatic rings. The van der Waals surface area contributed by atoms with Gasteiger partial charge in [-0.25, -0.2) is 9.78 Å². The van der Waals surface area contributed by atoms with Crippen molar-refractivity contribution in [3.05, 3.63) is 11.6 Å². The van der Waals surface area contributed by atoms with E-state index in [1.165, 1.54) is 44.6 Å².